The van der Waals surface area contributed by atoms with Crippen LogP contribution in [0.2, 0.25) is 0 Å². The van der Waals surface area contributed by atoms with E-state index in [0.29, 0.717) is 28.5 Å². The highest BCUT2D eigenvalue weighted by Gasteiger charge is 2.30. The number of aliphatic hydroxyl groups is 1. The highest BCUT2D eigenvalue weighted by atomic mass is 19.4. The van der Waals surface area contributed by atoms with Crippen molar-refractivity contribution in [1.82, 2.24) is 29.5 Å². The molecule has 0 fully saturated rings. The van der Waals surface area contributed by atoms with Crippen LogP contribution in [0.1, 0.15) is 11.4 Å². The van der Waals surface area contributed by atoms with Gasteiger partial charge < -0.3 is 15.4 Å². The van der Waals surface area contributed by atoms with E-state index in [1.807, 2.05) is 12.1 Å². The van der Waals surface area contributed by atoms with Crippen LogP contribution in [0.5, 0.6) is 0 Å². The summed E-state index contributed by atoms with van der Waals surface area (Å²) in [4.78, 5) is 16.1. The summed E-state index contributed by atoms with van der Waals surface area (Å²) in [6.07, 6.45) is -2.80. The Morgan fingerprint density at radius 1 is 1.03 bits per heavy atom. The second kappa shape index (κ2) is 7.06. The molecule has 11 heteroatoms. The van der Waals surface area contributed by atoms with Gasteiger partial charge in [-0.3, -0.25) is 0 Å². The Balaban J connectivity index is 1.49. The Bertz CT molecular complexity index is 1390. The van der Waals surface area contributed by atoms with Crippen LogP contribution in [-0.4, -0.2) is 34.7 Å². The van der Waals surface area contributed by atoms with Crippen molar-refractivity contribution in [3.05, 3.63) is 66.1 Å². The molecule has 0 aliphatic carbocycles. The van der Waals surface area contributed by atoms with E-state index in [4.69, 9.17) is 0 Å². The molecule has 0 spiro atoms. The maximum absolute atomic E-state index is 12.7. The quantitative estimate of drug-likeness (QED) is 0.403. The van der Waals surface area contributed by atoms with E-state index in [-0.39, 0.29) is 12.6 Å². The lowest BCUT2D eigenvalue weighted by Crippen LogP contribution is -2.04. The molecule has 8 nitrogen and oxygen atoms in total. The Kier molecular flexibility index (Phi) is 4.33. The van der Waals surface area contributed by atoms with Crippen molar-refractivity contribution in [2.45, 2.75) is 12.8 Å². The number of aliphatic hydroxyl groups excluding tert-OH is 1. The second-order valence-corrected chi connectivity index (χ2v) is 6.75. The normalized spacial score (nSPS) is 12.0. The molecule has 0 saturated heterocycles. The number of hydrogen-bond donors (Lipinski definition) is 3. The molecule has 0 atom stereocenters. The van der Waals surface area contributed by atoms with Crippen molar-refractivity contribution in [1.29, 1.82) is 0 Å². The Labute approximate surface area is 172 Å². The number of fused-ring (bicyclic) bond motifs is 2. The number of anilines is 2. The van der Waals surface area contributed by atoms with E-state index in [2.05, 4.69) is 30.4 Å². The number of imidazole rings is 1. The molecule has 31 heavy (non-hydrogen) atoms. The first-order chi connectivity index (χ1) is 14.9. The molecule has 5 rings (SSSR count). The molecule has 3 N–H and O–H groups in total. The highest BCUT2D eigenvalue weighted by molar-refractivity contribution is 5.80. The number of alkyl halides is 3. The highest BCUT2D eigenvalue weighted by Crippen LogP contribution is 2.30. The van der Waals surface area contributed by atoms with Crippen LogP contribution in [0.25, 0.3) is 28.1 Å². The zero-order chi connectivity index (χ0) is 21.6. The fourth-order valence-electron chi connectivity index (χ4n) is 3.21. The van der Waals surface area contributed by atoms with Crippen molar-refractivity contribution in [3.63, 3.8) is 0 Å². The van der Waals surface area contributed by atoms with Gasteiger partial charge in [0, 0.05) is 23.5 Å². The molecule has 0 bridgehead atoms. The minimum absolute atomic E-state index is 0.195. The number of H-pyrrole nitrogens is 1. The summed E-state index contributed by atoms with van der Waals surface area (Å²) in [5.74, 6) is 1.20. The lowest BCUT2D eigenvalue weighted by atomic mass is 10.2. The van der Waals surface area contributed by atoms with Gasteiger partial charge in [0.05, 0.1) is 16.6 Å². The number of aromatic nitrogens is 6. The fourth-order valence-corrected chi connectivity index (χ4v) is 3.21. The number of nitrogens with zero attached hydrogens (tertiary/aromatic N) is 5. The average Bonchev–Trinajstić information content (AvgIpc) is 3.35. The predicted octanol–water partition coefficient (Wildman–Crippen LogP) is 3.92. The maximum atomic E-state index is 12.7. The molecule has 156 valence electrons. The molecule has 0 saturated carbocycles. The van der Waals surface area contributed by atoms with Gasteiger partial charge in [-0.25, -0.2) is 9.97 Å². The Morgan fingerprint density at radius 3 is 2.58 bits per heavy atom. The number of aromatic amines is 1. The average molecular weight is 425 g/mol. The number of hydrogen-bond acceptors (Lipinski definition) is 6. The predicted molar refractivity (Wildman–Crippen MR) is 107 cm³/mol. The van der Waals surface area contributed by atoms with Crippen molar-refractivity contribution in [2.75, 3.05) is 5.32 Å². The summed E-state index contributed by atoms with van der Waals surface area (Å²) >= 11 is 0. The molecular formula is C20H14F3N7O. The van der Waals surface area contributed by atoms with E-state index < -0.39 is 11.7 Å². The number of nitrogens with one attached hydrogen (secondary N) is 2. The lowest BCUT2D eigenvalue weighted by molar-refractivity contribution is -0.137. The summed E-state index contributed by atoms with van der Waals surface area (Å²) < 4.78 is 39.7. The van der Waals surface area contributed by atoms with Gasteiger partial charge in [-0.1, -0.05) is 0 Å². The van der Waals surface area contributed by atoms with Crippen LogP contribution in [0, 0.1) is 0 Å². The third kappa shape index (κ3) is 3.55. The third-order valence-corrected chi connectivity index (χ3v) is 4.66. The van der Waals surface area contributed by atoms with Crippen LogP contribution in [-0.2, 0) is 12.8 Å². The minimum atomic E-state index is -4.39. The van der Waals surface area contributed by atoms with Crippen LogP contribution in [0.4, 0.5) is 24.8 Å². The van der Waals surface area contributed by atoms with Crippen molar-refractivity contribution >= 4 is 28.3 Å². The smallest absolute Gasteiger partial charge is 0.388 e. The van der Waals surface area contributed by atoms with Gasteiger partial charge in [0.1, 0.15) is 12.4 Å². The first-order valence-electron chi connectivity index (χ1n) is 9.17. The van der Waals surface area contributed by atoms with E-state index in [0.717, 1.165) is 23.2 Å². The van der Waals surface area contributed by atoms with Crippen molar-refractivity contribution in [2.24, 2.45) is 0 Å². The summed E-state index contributed by atoms with van der Waals surface area (Å²) in [5, 5.41) is 16.6. The van der Waals surface area contributed by atoms with E-state index in [1.54, 1.807) is 18.3 Å². The molecule has 0 amide bonds. The SMILES string of the molecule is OCc1nc2ccc(-c3nccc4nc(Nc5ccc(C(F)(F)F)cc5)nn34)cc2[nH]1. The number of benzene rings is 2. The van der Waals surface area contributed by atoms with Gasteiger partial charge in [0.2, 0.25) is 5.95 Å². The van der Waals surface area contributed by atoms with E-state index in [9.17, 15) is 18.3 Å². The molecule has 5 aromatic rings. The topological polar surface area (TPSA) is 104 Å². The summed E-state index contributed by atoms with van der Waals surface area (Å²) in [7, 11) is 0. The molecular weight excluding hydrogens is 411 g/mol. The first kappa shape index (κ1) is 19.0. The number of rotatable bonds is 4. The van der Waals surface area contributed by atoms with Crippen LogP contribution in [0.15, 0.2) is 54.7 Å². The molecule has 0 unspecified atom stereocenters. The van der Waals surface area contributed by atoms with Gasteiger partial charge in [-0.15, -0.1) is 5.10 Å². The Hall–Kier alpha value is -3.99. The van der Waals surface area contributed by atoms with Crippen molar-refractivity contribution in [3.8, 4) is 11.4 Å². The van der Waals surface area contributed by atoms with Crippen LogP contribution < -0.4 is 5.32 Å². The monoisotopic (exact) mass is 425 g/mol. The van der Waals surface area contributed by atoms with Crippen molar-refractivity contribution < 1.29 is 18.3 Å². The summed E-state index contributed by atoms with van der Waals surface area (Å²) in [5.41, 5.74) is 2.41. The van der Waals surface area contributed by atoms with Crippen LogP contribution >= 0.6 is 0 Å². The van der Waals surface area contributed by atoms with Gasteiger partial charge in [-0.05, 0) is 42.5 Å². The number of halogens is 3. The summed E-state index contributed by atoms with van der Waals surface area (Å²) in [6, 6.07) is 11.8. The summed E-state index contributed by atoms with van der Waals surface area (Å²) in [6.45, 7) is -0.195. The lowest BCUT2D eigenvalue weighted by Gasteiger charge is -2.07. The zero-order valence-corrected chi connectivity index (χ0v) is 15.7. The molecule has 3 aromatic heterocycles. The standard InChI is InChI=1S/C20H14F3N7O/c21-20(22,23)12-2-4-13(5-3-12)25-19-28-17-7-8-24-18(30(17)29-19)11-1-6-14-15(9-11)27-16(10-31)26-14/h1-9,31H,10H2,(H,25,29)(H,26,27). The molecule has 0 aliphatic heterocycles. The third-order valence-electron chi connectivity index (χ3n) is 4.66. The van der Waals surface area contributed by atoms with Gasteiger partial charge in [-0.2, -0.15) is 22.7 Å². The van der Waals surface area contributed by atoms with Gasteiger partial charge in [0.15, 0.2) is 11.5 Å². The van der Waals surface area contributed by atoms with Crippen LogP contribution in [0.3, 0.4) is 0 Å². The Morgan fingerprint density at radius 2 is 1.84 bits per heavy atom. The molecule has 2 aromatic carbocycles. The fraction of sp³-hybridized carbons (Fsp3) is 0.100. The van der Waals surface area contributed by atoms with Gasteiger partial charge in [0.25, 0.3) is 0 Å². The second-order valence-electron chi connectivity index (χ2n) is 6.75. The largest absolute Gasteiger partial charge is 0.416 e. The molecule has 0 aliphatic rings. The minimum Gasteiger partial charge on any atom is -0.388 e. The molecule has 3 heterocycles. The van der Waals surface area contributed by atoms with E-state index in [1.165, 1.54) is 16.6 Å². The molecule has 0 radical (unpaired) electrons. The first-order valence-corrected chi connectivity index (χ1v) is 9.17. The maximum Gasteiger partial charge on any atom is 0.416 e. The van der Waals surface area contributed by atoms with E-state index >= 15 is 0 Å². The van der Waals surface area contributed by atoms with Gasteiger partial charge >= 0.3 is 6.18 Å². The zero-order valence-electron chi connectivity index (χ0n) is 15.7.